The van der Waals surface area contributed by atoms with Gasteiger partial charge in [0, 0.05) is 5.25 Å². The summed E-state index contributed by atoms with van der Waals surface area (Å²) in [7, 11) is -5.84. The molecule has 1 aromatic rings. The maximum atomic E-state index is 10.7. The zero-order valence-corrected chi connectivity index (χ0v) is 13.6. The van der Waals surface area contributed by atoms with Crippen molar-refractivity contribution in [1.82, 2.24) is 0 Å². The molecule has 1 unspecified atom stereocenters. The van der Waals surface area contributed by atoms with E-state index >= 15 is 0 Å². The van der Waals surface area contributed by atoms with Crippen LogP contribution in [0.4, 0.5) is 13.2 Å². The number of aryl methyl sites for hydroxylation is 2. The summed E-state index contributed by atoms with van der Waals surface area (Å²) in [6.45, 7) is 3.96. The highest BCUT2D eigenvalue weighted by Crippen LogP contribution is 2.41. The van der Waals surface area contributed by atoms with E-state index in [4.69, 9.17) is 13.0 Å². The highest BCUT2D eigenvalue weighted by molar-refractivity contribution is 7.99. The van der Waals surface area contributed by atoms with Crippen molar-refractivity contribution in [2.24, 2.45) is 0 Å². The van der Waals surface area contributed by atoms with E-state index in [-0.39, 0.29) is 0 Å². The van der Waals surface area contributed by atoms with Crippen LogP contribution in [0.15, 0.2) is 12.1 Å². The number of rotatable bonds is 1. The lowest BCUT2D eigenvalue weighted by atomic mass is 10.0. The van der Waals surface area contributed by atoms with Crippen molar-refractivity contribution in [1.29, 1.82) is 0 Å². The molecule has 1 aromatic carbocycles. The van der Waals surface area contributed by atoms with Gasteiger partial charge in [0.1, 0.15) is 5.75 Å². The molecule has 9 heteroatoms. The maximum absolute atomic E-state index is 10.7. The first-order chi connectivity index (χ1) is 9.93. The van der Waals surface area contributed by atoms with Crippen molar-refractivity contribution >= 4 is 21.9 Å². The fourth-order valence-electron chi connectivity index (χ4n) is 2.02. The summed E-state index contributed by atoms with van der Waals surface area (Å²) in [6.07, 6.45) is 2.61. The van der Waals surface area contributed by atoms with Crippen LogP contribution in [-0.2, 0) is 10.1 Å². The quantitative estimate of drug-likeness (QED) is 0.587. The van der Waals surface area contributed by atoms with Gasteiger partial charge in [-0.25, -0.2) is 0 Å². The van der Waals surface area contributed by atoms with Gasteiger partial charge in [0.2, 0.25) is 0 Å². The van der Waals surface area contributed by atoms with E-state index in [0.717, 1.165) is 11.1 Å². The highest BCUT2D eigenvalue weighted by atomic mass is 32.2. The van der Waals surface area contributed by atoms with Crippen LogP contribution in [0.1, 0.15) is 34.8 Å². The SMILES string of the molecule is Cc1cc(C2CCCS2)cc(C)c1O.O=S(=O)(O)C(F)(F)F. The third-order valence-electron chi connectivity index (χ3n) is 3.11. The Kier molecular flexibility index (Phi) is 6.17. The van der Waals surface area contributed by atoms with Crippen molar-refractivity contribution in [2.75, 3.05) is 5.75 Å². The van der Waals surface area contributed by atoms with Crippen LogP contribution < -0.4 is 0 Å². The van der Waals surface area contributed by atoms with Gasteiger partial charge in [-0.1, -0.05) is 12.1 Å². The van der Waals surface area contributed by atoms with Gasteiger partial charge in [-0.3, -0.25) is 4.55 Å². The predicted molar refractivity (Wildman–Crippen MR) is 79.6 cm³/mol. The number of aromatic hydroxyl groups is 1. The summed E-state index contributed by atoms with van der Waals surface area (Å²) in [5, 5.41) is 10.3. The fourth-order valence-corrected chi connectivity index (χ4v) is 3.30. The van der Waals surface area contributed by atoms with E-state index in [1.807, 2.05) is 25.6 Å². The Bertz CT molecular complexity index is 598. The second kappa shape index (κ2) is 7.10. The zero-order chi connectivity index (χ0) is 17.1. The first-order valence-corrected chi connectivity index (χ1v) is 8.88. The molecule has 0 spiro atoms. The van der Waals surface area contributed by atoms with Crippen LogP contribution in [0.25, 0.3) is 0 Å². The Morgan fingerprint density at radius 2 is 1.68 bits per heavy atom. The van der Waals surface area contributed by atoms with Crippen molar-refractivity contribution in [2.45, 2.75) is 37.4 Å². The molecule has 1 fully saturated rings. The van der Waals surface area contributed by atoms with E-state index in [2.05, 4.69) is 12.1 Å². The minimum Gasteiger partial charge on any atom is -0.507 e. The molecule has 1 heterocycles. The Morgan fingerprint density at radius 1 is 1.23 bits per heavy atom. The molecule has 1 aliphatic rings. The lowest BCUT2D eigenvalue weighted by molar-refractivity contribution is -0.0510. The summed E-state index contributed by atoms with van der Waals surface area (Å²) in [4.78, 5) is 0. The van der Waals surface area contributed by atoms with Gasteiger partial charge < -0.3 is 5.11 Å². The number of alkyl halides is 3. The molecular weight excluding hydrogens is 341 g/mol. The van der Waals surface area contributed by atoms with Crippen LogP contribution in [0.5, 0.6) is 5.75 Å². The number of hydrogen-bond acceptors (Lipinski definition) is 4. The van der Waals surface area contributed by atoms with Gasteiger partial charge in [-0.2, -0.15) is 33.4 Å². The van der Waals surface area contributed by atoms with Crippen molar-refractivity contribution in [3.05, 3.63) is 28.8 Å². The van der Waals surface area contributed by atoms with E-state index in [0.29, 0.717) is 11.0 Å². The molecule has 0 saturated carbocycles. The number of phenolic OH excluding ortho intramolecular Hbond substituents is 1. The molecule has 4 nitrogen and oxygen atoms in total. The highest BCUT2D eigenvalue weighted by Gasteiger charge is 2.44. The van der Waals surface area contributed by atoms with Gasteiger partial charge in [-0.15, -0.1) is 0 Å². The van der Waals surface area contributed by atoms with Crippen LogP contribution >= 0.6 is 11.8 Å². The molecule has 2 rings (SSSR count). The number of hydrogen-bond donors (Lipinski definition) is 2. The van der Waals surface area contributed by atoms with Gasteiger partial charge in [0.15, 0.2) is 0 Å². The van der Waals surface area contributed by atoms with Crippen molar-refractivity contribution < 1.29 is 31.2 Å². The van der Waals surface area contributed by atoms with E-state index in [1.54, 1.807) is 0 Å². The van der Waals surface area contributed by atoms with Crippen molar-refractivity contribution in [3.63, 3.8) is 0 Å². The number of thioether (sulfide) groups is 1. The number of halogens is 3. The third kappa shape index (κ3) is 5.06. The van der Waals surface area contributed by atoms with Crippen LogP contribution in [0.3, 0.4) is 0 Å². The topological polar surface area (TPSA) is 74.6 Å². The number of benzene rings is 1. The fraction of sp³-hybridized carbons (Fsp3) is 0.538. The molecule has 0 radical (unpaired) electrons. The average molecular weight is 358 g/mol. The van der Waals surface area contributed by atoms with Gasteiger partial charge in [-0.05, 0) is 49.1 Å². The first-order valence-electron chi connectivity index (χ1n) is 6.39. The Balaban J connectivity index is 0.000000261. The molecule has 1 aliphatic heterocycles. The minimum atomic E-state index is -5.84. The Labute approximate surface area is 131 Å². The molecule has 0 amide bonds. The van der Waals surface area contributed by atoms with E-state index in [9.17, 15) is 18.3 Å². The normalized spacial score (nSPS) is 18.7. The maximum Gasteiger partial charge on any atom is 0.522 e. The standard InChI is InChI=1S/C12H16OS.CHF3O3S/c1-8-6-10(7-9(2)12(8)13)11-4-3-5-14-11;2-1(3,4)8(5,6)7/h6-7,11,13H,3-5H2,1-2H3;(H,5,6,7). The Hall–Kier alpha value is -0.930. The summed E-state index contributed by atoms with van der Waals surface area (Å²) in [6, 6.07) is 4.26. The predicted octanol–water partition coefficient (Wildman–Crippen LogP) is 3.97. The van der Waals surface area contributed by atoms with E-state index < -0.39 is 15.6 Å². The average Bonchev–Trinajstić information content (AvgIpc) is 2.87. The van der Waals surface area contributed by atoms with Crippen LogP contribution in [-0.4, -0.2) is 29.3 Å². The van der Waals surface area contributed by atoms with Gasteiger partial charge in [0.25, 0.3) is 0 Å². The largest absolute Gasteiger partial charge is 0.522 e. The smallest absolute Gasteiger partial charge is 0.507 e. The second-order valence-electron chi connectivity index (χ2n) is 4.93. The first kappa shape index (κ1) is 19.1. The molecule has 22 heavy (non-hydrogen) atoms. The van der Waals surface area contributed by atoms with Crippen molar-refractivity contribution in [3.8, 4) is 5.75 Å². The third-order valence-corrected chi connectivity index (χ3v) is 5.13. The number of phenols is 1. The minimum absolute atomic E-state index is 0.455. The summed E-state index contributed by atoms with van der Waals surface area (Å²) < 4.78 is 57.5. The van der Waals surface area contributed by atoms with E-state index in [1.165, 1.54) is 24.2 Å². The van der Waals surface area contributed by atoms with Gasteiger partial charge in [0.05, 0.1) is 0 Å². The summed E-state index contributed by atoms with van der Waals surface area (Å²) in [5.41, 5.74) is -2.13. The lowest BCUT2D eigenvalue weighted by Gasteiger charge is -2.12. The summed E-state index contributed by atoms with van der Waals surface area (Å²) in [5.74, 6) is 1.74. The second-order valence-corrected chi connectivity index (χ2v) is 7.65. The molecular formula is C13H17F3O4S2. The molecule has 1 saturated heterocycles. The molecule has 0 aliphatic carbocycles. The molecule has 0 bridgehead atoms. The van der Waals surface area contributed by atoms with Crippen LogP contribution in [0, 0.1) is 13.8 Å². The monoisotopic (exact) mass is 358 g/mol. The summed E-state index contributed by atoms with van der Waals surface area (Å²) >= 11 is 2.04. The molecule has 2 N–H and O–H groups in total. The zero-order valence-electron chi connectivity index (χ0n) is 12.0. The lowest BCUT2D eigenvalue weighted by Crippen LogP contribution is -2.21. The Morgan fingerprint density at radius 3 is 2.00 bits per heavy atom. The molecule has 0 aromatic heterocycles. The van der Waals surface area contributed by atoms with Crippen LogP contribution in [0.2, 0.25) is 0 Å². The van der Waals surface area contributed by atoms with Gasteiger partial charge >= 0.3 is 15.6 Å². The molecule has 1 atom stereocenters. The molecule has 126 valence electrons.